The molecule has 0 aromatic heterocycles. The SMILES string of the molecule is CC(C)OCCN1C(=O)NC(=O)C2(CCC2)C1=O. The number of rotatable bonds is 4. The lowest BCUT2D eigenvalue weighted by Crippen LogP contribution is -2.66. The highest BCUT2D eigenvalue weighted by molar-refractivity contribution is 6.19. The molecule has 0 bridgehead atoms. The first-order chi connectivity index (χ1) is 8.47. The average Bonchev–Trinajstić information content (AvgIpc) is 2.20. The molecular weight excluding hydrogens is 236 g/mol. The van der Waals surface area contributed by atoms with Crippen LogP contribution in [-0.2, 0) is 14.3 Å². The molecule has 0 atom stereocenters. The maximum atomic E-state index is 12.2. The second kappa shape index (κ2) is 4.68. The number of carbonyl (C=O) groups is 3. The van der Waals surface area contributed by atoms with E-state index in [-0.39, 0.29) is 18.6 Å². The van der Waals surface area contributed by atoms with Crippen molar-refractivity contribution in [1.29, 1.82) is 0 Å². The summed E-state index contributed by atoms with van der Waals surface area (Å²) in [6.45, 7) is 4.25. The summed E-state index contributed by atoms with van der Waals surface area (Å²) >= 11 is 0. The Labute approximate surface area is 106 Å². The molecule has 1 aliphatic heterocycles. The minimum atomic E-state index is -0.980. The van der Waals surface area contributed by atoms with Gasteiger partial charge in [0.15, 0.2) is 0 Å². The molecule has 2 aliphatic rings. The van der Waals surface area contributed by atoms with E-state index in [2.05, 4.69) is 5.32 Å². The van der Waals surface area contributed by atoms with Gasteiger partial charge in [-0.15, -0.1) is 0 Å². The zero-order valence-electron chi connectivity index (χ0n) is 10.7. The number of hydrogen-bond donors (Lipinski definition) is 1. The van der Waals surface area contributed by atoms with E-state index >= 15 is 0 Å². The topological polar surface area (TPSA) is 75.7 Å². The van der Waals surface area contributed by atoms with Crippen LogP contribution in [0.4, 0.5) is 4.79 Å². The number of hydrogen-bond acceptors (Lipinski definition) is 4. The van der Waals surface area contributed by atoms with Gasteiger partial charge in [-0.05, 0) is 26.7 Å². The number of imide groups is 2. The zero-order chi connectivity index (χ0) is 13.3. The van der Waals surface area contributed by atoms with Gasteiger partial charge in [0, 0.05) is 0 Å². The molecule has 1 spiro atoms. The van der Waals surface area contributed by atoms with Gasteiger partial charge in [-0.25, -0.2) is 4.79 Å². The van der Waals surface area contributed by atoms with Gasteiger partial charge in [-0.2, -0.15) is 0 Å². The third-order valence-corrected chi connectivity index (χ3v) is 3.53. The van der Waals surface area contributed by atoms with Gasteiger partial charge in [-0.3, -0.25) is 19.8 Å². The fraction of sp³-hybridized carbons (Fsp3) is 0.750. The van der Waals surface area contributed by atoms with Crippen LogP contribution < -0.4 is 5.32 Å². The first kappa shape index (κ1) is 13.0. The normalized spacial score (nSPS) is 22.4. The Kier molecular flexibility index (Phi) is 3.38. The molecule has 0 radical (unpaired) electrons. The molecule has 0 aromatic rings. The molecule has 2 fully saturated rings. The Morgan fingerprint density at radius 3 is 2.50 bits per heavy atom. The lowest BCUT2D eigenvalue weighted by molar-refractivity contribution is -0.158. The lowest BCUT2D eigenvalue weighted by Gasteiger charge is -2.44. The number of carbonyl (C=O) groups excluding carboxylic acids is 3. The van der Waals surface area contributed by atoms with E-state index in [1.165, 1.54) is 0 Å². The van der Waals surface area contributed by atoms with Crippen molar-refractivity contribution in [1.82, 2.24) is 10.2 Å². The van der Waals surface area contributed by atoms with Crippen LogP contribution in [0.1, 0.15) is 33.1 Å². The van der Waals surface area contributed by atoms with Gasteiger partial charge in [0.1, 0.15) is 5.41 Å². The highest BCUT2D eigenvalue weighted by atomic mass is 16.5. The van der Waals surface area contributed by atoms with E-state index in [0.717, 1.165) is 11.3 Å². The molecule has 1 saturated carbocycles. The van der Waals surface area contributed by atoms with Gasteiger partial charge in [0.2, 0.25) is 11.8 Å². The van der Waals surface area contributed by atoms with Crippen molar-refractivity contribution in [2.45, 2.75) is 39.2 Å². The standard InChI is InChI=1S/C12H18N2O4/c1-8(2)18-7-6-14-10(16)12(4-3-5-12)9(15)13-11(14)17/h8H,3-7H2,1-2H3,(H,13,15,17). The molecule has 1 saturated heterocycles. The van der Waals surface area contributed by atoms with Crippen molar-refractivity contribution in [3.63, 3.8) is 0 Å². The summed E-state index contributed by atoms with van der Waals surface area (Å²) < 4.78 is 5.33. The van der Waals surface area contributed by atoms with Crippen LogP contribution in [-0.4, -0.2) is 42.0 Å². The highest BCUT2D eigenvalue weighted by Gasteiger charge is 2.57. The number of amides is 4. The van der Waals surface area contributed by atoms with Crippen LogP contribution in [0, 0.1) is 5.41 Å². The third kappa shape index (κ3) is 2.01. The Bertz CT molecular complexity index is 388. The lowest BCUT2D eigenvalue weighted by atomic mass is 9.66. The second-order valence-electron chi connectivity index (χ2n) is 5.07. The Morgan fingerprint density at radius 1 is 1.33 bits per heavy atom. The molecule has 18 heavy (non-hydrogen) atoms. The third-order valence-electron chi connectivity index (χ3n) is 3.53. The Balaban J connectivity index is 2.03. The van der Waals surface area contributed by atoms with Crippen molar-refractivity contribution in [3.05, 3.63) is 0 Å². The molecule has 0 aromatic carbocycles. The van der Waals surface area contributed by atoms with Crippen LogP contribution in [0.15, 0.2) is 0 Å². The first-order valence-corrected chi connectivity index (χ1v) is 6.26. The quantitative estimate of drug-likeness (QED) is 0.748. The highest BCUT2D eigenvalue weighted by Crippen LogP contribution is 2.44. The largest absolute Gasteiger partial charge is 0.377 e. The molecule has 1 aliphatic carbocycles. The summed E-state index contributed by atoms with van der Waals surface area (Å²) in [5.74, 6) is -0.806. The summed E-state index contributed by atoms with van der Waals surface area (Å²) in [5, 5.41) is 2.26. The van der Waals surface area contributed by atoms with Gasteiger partial charge in [0.05, 0.1) is 19.3 Å². The Morgan fingerprint density at radius 2 is 2.00 bits per heavy atom. The van der Waals surface area contributed by atoms with Gasteiger partial charge < -0.3 is 4.74 Å². The van der Waals surface area contributed by atoms with Crippen LogP contribution in [0.25, 0.3) is 0 Å². The van der Waals surface area contributed by atoms with Crippen molar-refractivity contribution < 1.29 is 19.1 Å². The molecular formula is C12H18N2O4. The molecule has 100 valence electrons. The van der Waals surface area contributed by atoms with Crippen molar-refractivity contribution in [2.24, 2.45) is 5.41 Å². The van der Waals surface area contributed by atoms with Crippen molar-refractivity contribution in [3.8, 4) is 0 Å². The summed E-state index contributed by atoms with van der Waals surface area (Å²) in [5.41, 5.74) is -0.980. The van der Waals surface area contributed by atoms with Crippen molar-refractivity contribution in [2.75, 3.05) is 13.2 Å². The molecule has 6 heteroatoms. The Hall–Kier alpha value is -1.43. The van der Waals surface area contributed by atoms with Gasteiger partial charge >= 0.3 is 6.03 Å². The van der Waals surface area contributed by atoms with E-state index in [4.69, 9.17) is 4.74 Å². The van der Waals surface area contributed by atoms with E-state index in [0.29, 0.717) is 19.4 Å². The van der Waals surface area contributed by atoms with Crippen LogP contribution in [0.3, 0.4) is 0 Å². The minimum Gasteiger partial charge on any atom is -0.377 e. The molecule has 2 rings (SSSR count). The summed E-state index contributed by atoms with van der Waals surface area (Å²) in [4.78, 5) is 36.7. The predicted octanol–water partition coefficient (Wildman–Crippen LogP) is 0.660. The van der Waals surface area contributed by atoms with Gasteiger partial charge in [-0.1, -0.05) is 6.42 Å². The molecule has 1 heterocycles. The predicted molar refractivity (Wildman–Crippen MR) is 62.6 cm³/mol. The van der Waals surface area contributed by atoms with Crippen molar-refractivity contribution >= 4 is 17.8 Å². The first-order valence-electron chi connectivity index (χ1n) is 6.26. The maximum absolute atomic E-state index is 12.2. The number of barbiturate groups is 1. The second-order valence-corrected chi connectivity index (χ2v) is 5.07. The number of ether oxygens (including phenoxy) is 1. The molecule has 1 N–H and O–H groups in total. The smallest absolute Gasteiger partial charge is 0.330 e. The fourth-order valence-electron chi connectivity index (χ4n) is 2.29. The maximum Gasteiger partial charge on any atom is 0.330 e. The minimum absolute atomic E-state index is 0.0484. The van der Waals surface area contributed by atoms with E-state index in [1.54, 1.807) is 0 Å². The van der Waals surface area contributed by atoms with E-state index in [1.807, 2.05) is 13.8 Å². The summed E-state index contributed by atoms with van der Waals surface area (Å²) in [6, 6.07) is -0.630. The fourth-order valence-corrected chi connectivity index (χ4v) is 2.29. The van der Waals surface area contributed by atoms with Crippen LogP contribution in [0.5, 0.6) is 0 Å². The number of nitrogens with zero attached hydrogens (tertiary/aromatic N) is 1. The molecule has 0 unspecified atom stereocenters. The number of nitrogens with one attached hydrogen (secondary N) is 1. The van der Waals surface area contributed by atoms with Gasteiger partial charge in [0.25, 0.3) is 0 Å². The zero-order valence-corrected chi connectivity index (χ0v) is 10.7. The monoisotopic (exact) mass is 254 g/mol. The molecule has 4 amide bonds. The van der Waals surface area contributed by atoms with E-state index in [9.17, 15) is 14.4 Å². The van der Waals surface area contributed by atoms with Crippen LogP contribution in [0.2, 0.25) is 0 Å². The summed E-state index contributed by atoms with van der Waals surface area (Å²) in [6.07, 6.45) is 1.97. The summed E-state index contributed by atoms with van der Waals surface area (Å²) in [7, 11) is 0. The number of urea groups is 1. The molecule has 6 nitrogen and oxygen atoms in total. The van der Waals surface area contributed by atoms with E-state index < -0.39 is 17.4 Å². The van der Waals surface area contributed by atoms with Crippen LogP contribution >= 0.6 is 0 Å². The average molecular weight is 254 g/mol.